The molecule has 2 heterocycles. The molecule has 1 unspecified atom stereocenters. The van der Waals surface area contributed by atoms with E-state index in [4.69, 9.17) is 4.74 Å². The molecule has 2 aliphatic rings. The van der Waals surface area contributed by atoms with Crippen molar-refractivity contribution < 1.29 is 17.9 Å². The molecular weight excluding hydrogens is 306 g/mol. The van der Waals surface area contributed by atoms with Crippen molar-refractivity contribution >= 4 is 21.6 Å². The van der Waals surface area contributed by atoms with Crippen LogP contribution in [0.4, 0.5) is 5.69 Å². The van der Waals surface area contributed by atoms with Gasteiger partial charge in [0.25, 0.3) is 5.91 Å². The average Bonchev–Trinajstić information content (AvgIpc) is 2.53. The summed E-state index contributed by atoms with van der Waals surface area (Å²) in [6.45, 7) is 3.85. The SMILES string of the molecule is CC1Oc2ccc(S(=O)(=O)N3CCNCC3)cc2N(C)C1=O. The van der Waals surface area contributed by atoms with Crippen LogP contribution >= 0.6 is 0 Å². The Morgan fingerprint density at radius 1 is 1.27 bits per heavy atom. The Kier molecular flexibility index (Phi) is 3.84. The minimum atomic E-state index is -3.55. The van der Waals surface area contributed by atoms with Crippen molar-refractivity contribution in [1.82, 2.24) is 9.62 Å². The minimum Gasteiger partial charge on any atom is -0.479 e. The first-order chi connectivity index (χ1) is 10.4. The number of piperazine rings is 1. The summed E-state index contributed by atoms with van der Waals surface area (Å²) in [6.07, 6.45) is -0.562. The first-order valence-corrected chi connectivity index (χ1v) is 8.64. The second-order valence-electron chi connectivity index (χ2n) is 5.44. The summed E-state index contributed by atoms with van der Waals surface area (Å²) in [6, 6.07) is 4.66. The zero-order chi connectivity index (χ0) is 15.9. The molecule has 1 saturated heterocycles. The van der Waals surface area contributed by atoms with Crippen LogP contribution in [0.25, 0.3) is 0 Å². The predicted molar refractivity (Wildman–Crippen MR) is 81.6 cm³/mol. The third-order valence-electron chi connectivity index (χ3n) is 3.99. The Labute approximate surface area is 129 Å². The van der Waals surface area contributed by atoms with E-state index in [0.29, 0.717) is 37.6 Å². The lowest BCUT2D eigenvalue weighted by Gasteiger charge is -2.31. The maximum absolute atomic E-state index is 12.7. The highest BCUT2D eigenvalue weighted by Crippen LogP contribution is 2.35. The Hall–Kier alpha value is -1.64. The van der Waals surface area contributed by atoms with E-state index in [1.54, 1.807) is 20.0 Å². The first-order valence-electron chi connectivity index (χ1n) is 7.20. The number of anilines is 1. The largest absolute Gasteiger partial charge is 0.479 e. The van der Waals surface area contributed by atoms with Gasteiger partial charge in [0.05, 0.1) is 10.6 Å². The molecule has 0 aromatic heterocycles. The van der Waals surface area contributed by atoms with Crippen LogP contribution in [0.2, 0.25) is 0 Å². The molecule has 8 heteroatoms. The topological polar surface area (TPSA) is 79.0 Å². The maximum atomic E-state index is 12.7. The molecule has 7 nitrogen and oxygen atoms in total. The third kappa shape index (κ3) is 2.47. The molecule has 1 atom stereocenters. The molecule has 1 amide bonds. The molecule has 0 bridgehead atoms. The fraction of sp³-hybridized carbons (Fsp3) is 0.500. The zero-order valence-corrected chi connectivity index (χ0v) is 13.4. The van der Waals surface area contributed by atoms with Crippen molar-refractivity contribution in [1.29, 1.82) is 0 Å². The Morgan fingerprint density at radius 3 is 2.64 bits per heavy atom. The van der Waals surface area contributed by atoms with Crippen molar-refractivity contribution in [3.63, 3.8) is 0 Å². The molecule has 0 saturated carbocycles. The van der Waals surface area contributed by atoms with E-state index in [-0.39, 0.29) is 10.8 Å². The lowest BCUT2D eigenvalue weighted by molar-refractivity contribution is -0.125. The summed E-state index contributed by atoms with van der Waals surface area (Å²) in [4.78, 5) is 13.6. The van der Waals surface area contributed by atoms with Crippen LogP contribution in [-0.4, -0.2) is 58.0 Å². The third-order valence-corrected chi connectivity index (χ3v) is 5.88. The normalized spacial score (nSPS) is 23.1. The first kappa shape index (κ1) is 15.3. The smallest absolute Gasteiger partial charge is 0.267 e. The highest BCUT2D eigenvalue weighted by atomic mass is 32.2. The van der Waals surface area contributed by atoms with Gasteiger partial charge in [-0.3, -0.25) is 4.79 Å². The number of fused-ring (bicyclic) bond motifs is 1. The molecular formula is C14H19N3O4S. The van der Waals surface area contributed by atoms with Gasteiger partial charge >= 0.3 is 0 Å². The van der Waals surface area contributed by atoms with Crippen molar-refractivity contribution in [2.45, 2.75) is 17.9 Å². The summed E-state index contributed by atoms with van der Waals surface area (Å²) >= 11 is 0. The summed E-state index contributed by atoms with van der Waals surface area (Å²) in [5, 5.41) is 3.13. The van der Waals surface area contributed by atoms with Crippen LogP contribution in [0, 0.1) is 0 Å². The van der Waals surface area contributed by atoms with Crippen LogP contribution in [0.5, 0.6) is 5.75 Å². The van der Waals surface area contributed by atoms with Crippen molar-refractivity contribution in [2.24, 2.45) is 0 Å². The van der Waals surface area contributed by atoms with Crippen LogP contribution in [0.15, 0.2) is 23.1 Å². The molecule has 0 aliphatic carbocycles. The number of sulfonamides is 1. The Morgan fingerprint density at radius 2 is 1.95 bits per heavy atom. The molecule has 2 aliphatic heterocycles. The van der Waals surface area contributed by atoms with Gasteiger partial charge < -0.3 is 15.0 Å². The molecule has 1 N–H and O–H groups in total. The number of carbonyl (C=O) groups excluding carboxylic acids is 1. The van der Waals surface area contributed by atoms with E-state index >= 15 is 0 Å². The van der Waals surface area contributed by atoms with Crippen LogP contribution in [-0.2, 0) is 14.8 Å². The van der Waals surface area contributed by atoms with Gasteiger partial charge in [0.1, 0.15) is 5.75 Å². The number of carbonyl (C=O) groups is 1. The van der Waals surface area contributed by atoms with Crippen molar-refractivity contribution in [3.8, 4) is 5.75 Å². The molecule has 0 spiro atoms. The predicted octanol–water partition coefficient (Wildman–Crippen LogP) is 0.0242. The number of ether oxygens (including phenoxy) is 1. The highest BCUT2D eigenvalue weighted by Gasteiger charge is 2.32. The number of nitrogens with one attached hydrogen (secondary N) is 1. The van der Waals surface area contributed by atoms with Crippen LogP contribution < -0.4 is 15.0 Å². The average molecular weight is 325 g/mol. The number of amides is 1. The summed E-state index contributed by atoms with van der Waals surface area (Å²) in [7, 11) is -1.92. The van der Waals surface area contributed by atoms with E-state index in [9.17, 15) is 13.2 Å². The van der Waals surface area contributed by atoms with Gasteiger partial charge in [0.2, 0.25) is 10.0 Å². The van der Waals surface area contributed by atoms with Gasteiger partial charge in [-0.05, 0) is 25.1 Å². The minimum absolute atomic E-state index is 0.186. The summed E-state index contributed by atoms with van der Waals surface area (Å²) in [5.41, 5.74) is 0.485. The maximum Gasteiger partial charge on any atom is 0.267 e. The van der Waals surface area contributed by atoms with E-state index in [1.807, 2.05) is 0 Å². The lowest BCUT2D eigenvalue weighted by atomic mass is 10.2. The molecule has 1 aromatic rings. The van der Waals surface area contributed by atoms with Gasteiger partial charge in [-0.1, -0.05) is 0 Å². The van der Waals surface area contributed by atoms with Gasteiger partial charge in [-0.25, -0.2) is 8.42 Å². The molecule has 1 fully saturated rings. The van der Waals surface area contributed by atoms with Gasteiger partial charge in [0, 0.05) is 33.2 Å². The molecule has 0 radical (unpaired) electrons. The monoisotopic (exact) mass is 325 g/mol. The Balaban J connectivity index is 1.98. The second kappa shape index (κ2) is 5.53. The number of nitrogens with zero attached hydrogens (tertiary/aromatic N) is 2. The fourth-order valence-electron chi connectivity index (χ4n) is 2.69. The van der Waals surface area contributed by atoms with Gasteiger partial charge in [0.15, 0.2) is 6.10 Å². The number of likely N-dealkylation sites (N-methyl/N-ethyl adjacent to an activating group) is 1. The zero-order valence-electron chi connectivity index (χ0n) is 12.6. The Bertz CT molecular complexity index is 698. The van der Waals surface area contributed by atoms with Crippen molar-refractivity contribution in [2.75, 3.05) is 38.1 Å². The summed E-state index contributed by atoms with van der Waals surface area (Å²) in [5.74, 6) is 0.332. The lowest BCUT2D eigenvalue weighted by Crippen LogP contribution is -2.46. The van der Waals surface area contributed by atoms with E-state index in [0.717, 1.165) is 0 Å². The number of rotatable bonds is 2. The summed E-state index contributed by atoms with van der Waals surface area (Å²) < 4.78 is 32.3. The highest BCUT2D eigenvalue weighted by molar-refractivity contribution is 7.89. The number of hydrogen-bond acceptors (Lipinski definition) is 5. The molecule has 3 rings (SSSR count). The number of benzene rings is 1. The van der Waals surface area contributed by atoms with E-state index in [1.165, 1.54) is 21.3 Å². The molecule has 1 aromatic carbocycles. The van der Waals surface area contributed by atoms with E-state index < -0.39 is 16.1 Å². The van der Waals surface area contributed by atoms with Crippen LogP contribution in [0.3, 0.4) is 0 Å². The van der Waals surface area contributed by atoms with Crippen molar-refractivity contribution in [3.05, 3.63) is 18.2 Å². The standard InChI is InChI=1S/C14H19N3O4S/c1-10-14(18)16(2)12-9-11(3-4-13(12)21-10)22(19,20)17-7-5-15-6-8-17/h3-4,9-10,15H,5-8H2,1-2H3. The quantitative estimate of drug-likeness (QED) is 0.830. The second-order valence-corrected chi connectivity index (χ2v) is 7.38. The van der Waals surface area contributed by atoms with Gasteiger partial charge in [-0.2, -0.15) is 4.31 Å². The van der Waals surface area contributed by atoms with Crippen LogP contribution in [0.1, 0.15) is 6.92 Å². The van der Waals surface area contributed by atoms with E-state index in [2.05, 4.69) is 5.32 Å². The van der Waals surface area contributed by atoms with Gasteiger partial charge in [-0.15, -0.1) is 0 Å². The molecule has 22 heavy (non-hydrogen) atoms. The molecule has 120 valence electrons. The number of hydrogen-bond donors (Lipinski definition) is 1. The fourth-order valence-corrected chi connectivity index (χ4v) is 4.15.